The summed E-state index contributed by atoms with van der Waals surface area (Å²) in [5.74, 6) is 3.32. The maximum absolute atomic E-state index is 7.08. The molecule has 0 spiro atoms. The molecule has 0 N–H and O–H groups in total. The molecule has 298 valence electrons. The molecule has 0 saturated carbocycles. The molecule has 7 heteroatoms. The van der Waals surface area contributed by atoms with Crippen molar-refractivity contribution < 1.29 is 4.74 Å². The van der Waals surface area contributed by atoms with Crippen LogP contribution in [0.5, 0.6) is 11.5 Å². The lowest BCUT2D eigenvalue weighted by atomic mass is 9.88. The van der Waals surface area contributed by atoms with Gasteiger partial charge in [-0.05, 0) is 110 Å². The predicted molar refractivity (Wildman–Crippen MR) is 252 cm³/mol. The van der Waals surface area contributed by atoms with E-state index in [2.05, 4.69) is 200 Å². The molecular formula is C54H46N6O. The van der Waals surface area contributed by atoms with Crippen molar-refractivity contribution in [3.05, 3.63) is 180 Å². The van der Waals surface area contributed by atoms with Crippen LogP contribution in [-0.2, 0) is 5.41 Å². The van der Waals surface area contributed by atoms with Crippen molar-refractivity contribution in [2.24, 2.45) is 0 Å². The summed E-state index contributed by atoms with van der Waals surface area (Å²) >= 11 is 0. The lowest BCUT2D eigenvalue weighted by Crippen LogP contribution is -2.25. The van der Waals surface area contributed by atoms with Crippen LogP contribution in [0.3, 0.4) is 0 Å². The number of aromatic nitrogens is 4. The van der Waals surface area contributed by atoms with Crippen molar-refractivity contribution in [2.45, 2.75) is 47.0 Å². The first-order valence-corrected chi connectivity index (χ1v) is 21.0. The van der Waals surface area contributed by atoms with Gasteiger partial charge in [-0.1, -0.05) is 93.1 Å². The topological polar surface area (TPSA) is 51.4 Å². The fraction of sp³-hybridized carbons (Fsp3) is 0.148. The minimum absolute atomic E-state index is 0.0224. The van der Waals surface area contributed by atoms with E-state index in [0.717, 1.165) is 78.4 Å². The van der Waals surface area contributed by atoms with Gasteiger partial charge < -0.3 is 19.1 Å². The third-order valence-electron chi connectivity index (χ3n) is 12.2. The van der Waals surface area contributed by atoms with Gasteiger partial charge in [0.2, 0.25) is 0 Å². The zero-order valence-electron chi connectivity index (χ0n) is 35.3. The number of fused-ring (bicyclic) bond motifs is 7. The van der Waals surface area contributed by atoms with Crippen LogP contribution in [0, 0.1) is 20.8 Å². The van der Waals surface area contributed by atoms with Gasteiger partial charge in [0.1, 0.15) is 24.0 Å². The fourth-order valence-electron chi connectivity index (χ4n) is 9.64. The van der Waals surface area contributed by atoms with Crippen LogP contribution >= 0.6 is 0 Å². The van der Waals surface area contributed by atoms with E-state index < -0.39 is 0 Å². The van der Waals surface area contributed by atoms with Crippen molar-refractivity contribution in [1.29, 1.82) is 0 Å². The predicted octanol–water partition coefficient (Wildman–Crippen LogP) is 13.9. The Labute approximate surface area is 355 Å². The van der Waals surface area contributed by atoms with Crippen LogP contribution in [0.1, 0.15) is 43.0 Å². The third kappa shape index (κ3) is 5.94. The van der Waals surface area contributed by atoms with Gasteiger partial charge in [0.25, 0.3) is 0 Å². The maximum Gasteiger partial charge on any atom is 0.158 e. The summed E-state index contributed by atoms with van der Waals surface area (Å²) in [4.78, 5) is 14.7. The Balaban J connectivity index is 1.13. The second-order valence-electron chi connectivity index (χ2n) is 17.4. The molecule has 7 nitrogen and oxygen atoms in total. The molecule has 0 unspecified atom stereocenters. The number of nitrogens with zero attached hydrogens (tertiary/aromatic N) is 6. The molecule has 10 aromatic rings. The Hall–Kier alpha value is -7.38. The van der Waals surface area contributed by atoms with Crippen LogP contribution in [0.15, 0.2) is 158 Å². The first-order chi connectivity index (χ1) is 29.6. The summed E-state index contributed by atoms with van der Waals surface area (Å²) < 4.78 is 11.7. The molecule has 1 aliphatic rings. The SMILES string of the molecule is Cc1cc(C)c(N2CN(c3cc(Oc4ccc5c6ccccc6n(-c6cc(C(C)(C)C)ccn6)c5c4)cc4c5ccccc5n(-c5ccccc5)c34)c3cccnc32)c(C)c1. The minimum atomic E-state index is -0.0224. The molecule has 0 saturated heterocycles. The van der Waals surface area contributed by atoms with E-state index in [4.69, 9.17) is 14.7 Å². The molecule has 0 radical (unpaired) electrons. The van der Waals surface area contributed by atoms with E-state index in [-0.39, 0.29) is 5.41 Å². The highest BCUT2D eigenvalue weighted by Gasteiger charge is 2.33. The number of rotatable bonds is 6. The van der Waals surface area contributed by atoms with Gasteiger partial charge >= 0.3 is 0 Å². The molecule has 4 aromatic heterocycles. The van der Waals surface area contributed by atoms with Crippen molar-refractivity contribution in [3.63, 3.8) is 0 Å². The van der Waals surface area contributed by atoms with Gasteiger partial charge in [-0.3, -0.25) is 4.57 Å². The second-order valence-corrected chi connectivity index (χ2v) is 17.4. The zero-order valence-corrected chi connectivity index (χ0v) is 35.3. The molecule has 1 aliphatic heterocycles. The van der Waals surface area contributed by atoms with Gasteiger partial charge in [-0.25, -0.2) is 9.97 Å². The van der Waals surface area contributed by atoms with Crippen molar-refractivity contribution in [1.82, 2.24) is 19.1 Å². The Morgan fingerprint density at radius 2 is 1.21 bits per heavy atom. The van der Waals surface area contributed by atoms with Crippen molar-refractivity contribution in [2.75, 3.05) is 16.5 Å². The summed E-state index contributed by atoms with van der Waals surface area (Å²) in [6.07, 6.45) is 3.82. The van der Waals surface area contributed by atoms with Crippen LogP contribution in [-0.4, -0.2) is 25.8 Å². The molecule has 0 aliphatic carbocycles. The Morgan fingerprint density at radius 1 is 0.525 bits per heavy atom. The van der Waals surface area contributed by atoms with Gasteiger partial charge in [-0.2, -0.15) is 0 Å². The average Bonchev–Trinajstić information content (AvgIpc) is 3.91. The maximum atomic E-state index is 7.08. The van der Waals surface area contributed by atoms with Gasteiger partial charge in [-0.15, -0.1) is 0 Å². The number of aryl methyl sites for hydroxylation is 3. The van der Waals surface area contributed by atoms with E-state index in [1.807, 2.05) is 18.5 Å². The monoisotopic (exact) mass is 794 g/mol. The quantitative estimate of drug-likeness (QED) is 0.168. The van der Waals surface area contributed by atoms with Crippen molar-refractivity contribution in [3.8, 4) is 23.0 Å². The van der Waals surface area contributed by atoms with Gasteiger partial charge in [0.05, 0.1) is 39.1 Å². The second kappa shape index (κ2) is 13.8. The number of benzene rings is 6. The summed E-state index contributed by atoms with van der Waals surface area (Å²) in [6.45, 7) is 13.9. The Kier molecular flexibility index (Phi) is 8.33. The van der Waals surface area contributed by atoms with E-state index in [1.165, 1.54) is 33.3 Å². The molecule has 5 heterocycles. The number of hydrogen-bond acceptors (Lipinski definition) is 5. The standard InChI is InChI=1S/C54H46N6O/c1-34-27-35(2)51(36(3)28-34)58-33-57(47-21-14-25-56-53(47)58)49-32-40(30-44-42-18-11-12-19-45(42)59(52(44)49)38-15-8-7-9-16-38)61-39-22-23-43-41-17-10-13-20-46(41)60(48(43)31-39)50-29-37(24-26-55-50)54(4,5)6/h7-32H,33H2,1-6H3. The highest BCUT2D eigenvalue weighted by atomic mass is 16.5. The van der Waals surface area contributed by atoms with Crippen LogP contribution in [0.4, 0.5) is 22.9 Å². The number of hydrogen-bond donors (Lipinski definition) is 0. The van der Waals surface area contributed by atoms with Crippen LogP contribution in [0.25, 0.3) is 55.1 Å². The Morgan fingerprint density at radius 3 is 1.97 bits per heavy atom. The molecule has 0 atom stereocenters. The number of ether oxygens (including phenoxy) is 1. The van der Waals surface area contributed by atoms with E-state index in [9.17, 15) is 0 Å². The molecule has 0 amide bonds. The van der Waals surface area contributed by atoms with E-state index >= 15 is 0 Å². The molecule has 6 aromatic carbocycles. The highest BCUT2D eigenvalue weighted by Crippen LogP contribution is 2.49. The minimum Gasteiger partial charge on any atom is -0.457 e. The molecule has 0 fully saturated rings. The number of para-hydroxylation sites is 3. The van der Waals surface area contributed by atoms with Gasteiger partial charge in [0.15, 0.2) is 5.82 Å². The van der Waals surface area contributed by atoms with Crippen LogP contribution in [0.2, 0.25) is 0 Å². The molecular weight excluding hydrogens is 749 g/mol. The summed E-state index contributed by atoms with van der Waals surface area (Å²) in [6, 6.07) is 51.9. The van der Waals surface area contributed by atoms with E-state index in [0.29, 0.717) is 6.67 Å². The summed E-state index contributed by atoms with van der Waals surface area (Å²) in [5, 5.41) is 4.59. The normalized spacial score (nSPS) is 13.0. The number of pyridine rings is 2. The highest BCUT2D eigenvalue weighted by molar-refractivity contribution is 6.15. The molecule has 11 rings (SSSR count). The van der Waals surface area contributed by atoms with E-state index in [1.54, 1.807) is 0 Å². The summed E-state index contributed by atoms with van der Waals surface area (Å²) in [7, 11) is 0. The summed E-state index contributed by atoms with van der Waals surface area (Å²) in [5.41, 5.74) is 13.7. The third-order valence-corrected chi connectivity index (χ3v) is 12.2. The molecule has 0 bridgehead atoms. The first kappa shape index (κ1) is 36.7. The van der Waals surface area contributed by atoms with Gasteiger partial charge in [0, 0.05) is 51.8 Å². The van der Waals surface area contributed by atoms with Crippen LogP contribution < -0.4 is 14.5 Å². The average molecular weight is 795 g/mol. The fourth-order valence-corrected chi connectivity index (χ4v) is 9.64. The molecule has 61 heavy (non-hydrogen) atoms. The van der Waals surface area contributed by atoms with Crippen molar-refractivity contribution >= 4 is 66.5 Å². The zero-order chi connectivity index (χ0) is 41.6. The first-order valence-electron chi connectivity index (χ1n) is 21.0. The largest absolute Gasteiger partial charge is 0.457 e. The Bertz CT molecular complexity index is 3330. The lowest BCUT2D eigenvalue weighted by molar-refractivity contribution is 0.484. The smallest absolute Gasteiger partial charge is 0.158 e. The number of anilines is 4. The lowest BCUT2D eigenvalue weighted by Gasteiger charge is -2.26.